The molecule has 1 aliphatic carbocycles. The van der Waals surface area contributed by atoms with E-state index < -0.39 is 0 Å². The summed E-state index contributed by atoms with van der Waals surface area (Å²) in [4.78, 5) is 43.1. The molecule has 3 amide bonds. The number of carbonyl (C=O) groups excluding carboxylic acids is 2. The van der Waals surface area contributed by atoms with Gasteiger partial charge in [0.05, 0.1) is 28.9 Å². The maximum Gasteiger partial charge on any atom is 0.319 e. The second kappa shape index (κ2) is 12.7. The number of fused-ring (bicyclic) bond motifs is 2. The first-order valence-corrected chi connectivity index (χ1v) is 13.9. The van der Waals surface area contributed by atoms with Crippen LogP contribution in [0.5, 0.6) is 11.6 Å². The van der Waals surface area contributed by atoms with E-state index in [0.29, 0.717) is 78.5 Å². The highest BCUT2D eigenvalue weighted by atomic mass is 16.5. The van der Waals surface area contributed by atoms with E-state index in [1.165, 1.54) is 12.7 Å². The lowest BCUT2D eigenvalue weighted by Gasteiger charge is -2.23. The lowest BCUT2D eigenvalue weighted by atomic mass is 9.96. The summed E-state index contributed by atoms with van der Waals surface area (Å²) in [5.41, 5.74) is 2.00. The first kappa shape index (κ1) is 27.2. The van der Waals surface area contributed by atoms with Crippen molar-refractivity contribution in [2.75, 3.05) is 37.4 Å². The summed E-state index contributed by atoms with van der Waals surface area (Å²) < 4.78 is 6.05. The molecule has 40 heavy (non-hydrogen) atoms. The molecule has 0 radical (unpaired) electrons. The van der Waals surface area contributed by atoms with Crippen LogP contribution in [0.15, 0.2) is 29.5 Å². The van der Waals surface area contributed by atoms with Crippen LogP contribution in [-0.4, -0.2) is 75.9 Å². The number of rotatable bonds is 2. The molecule has 1 aliphatic heterocycles. The van der Waals surface area contributed by atoms with Crippen molar-refractivity contribution in [2.45, 2.75) is 57.4 Å². The maximum absolute atomic E-state index is 12.7. The van der Waals surface area contributed by atoms with E-state index in [9.17, 15) is 14.7 Å². The molecule has 12 heteroatoms. The number of H-pyrrole nitrogens is 1. The Balaban J connectivity index is 1.43. The van der Waals surface area contributed by atoms with E-state index in [2.05, 4.69) is 35.9 Å². The van der Waals surface area contributed by atoms with E-state index in [4.69, 9.17) is 4.74 Å². The minimum absolute atomic E-state index is 0.0375. The summed E-state index contributed by atoms with van der Waals surface area (Å²) in [5, 5.41) is 20.5. The Morgan fingerprint density at radius 1 is 1.15 bits per heavy atom. The average molecular weight is 549 g/mol. The summed E-state index contributed by atoms with van der Waals surface area (Å²) >= 11 is 0. The van der Waals surface area contributed by atoms with Crippen molar-refractivity contribution in [3.8, 4) is 11.6 Å². The second-order valence-electron chi connectivity index (χ2n) is 10.3. The molecule has 5 rings (SSSR count). The van der Waals surface area contributed by atoms with Gasteiger partial charge in [0.1, 0.15) is 23.5 Å². The molecule has 0 atom stereocenters. The fourth-order valence-electron chi connectivity index (χ4n) is 5.08. The highest BCUT2D eigenvalue weighted by Gasteiger charge is 2.18. The van der Waals surface area contributed by atoms with Crippen molar-refractivity contribution < 1.29 is 19.4 Å². The number of amides is 3. The molecule has 0 unspecified atom stereocenters. The van der Waals surface area contributed by atoms with Gasteiger partial charge in [-0.15, -0.1) is 0 Å². The molecular weight excluding hydrogens is 512 g/mol. The Labute approximate surface area is 232 Å². The van der Waals surface area contributed by atoms with Crippen LogP contribution in [0.4, 0.5) is 22.0 Å². The van der Waals surface area contributed by atoms with Gasteiger partial charge in [-0.3, -0.25) is 9.79 Å². The number of aliphatic imine (C=N–C) groups is 1. The van der Waals surface area contributed by atoms with Gasteiger partial charge in [0.2, 0.25) is 5.91 Å². The molecule has 1 saturated carbocycles. The second-order valence-corrected chi connectivity index (χ2v) is 10.3. The molecule has 3 aromatic rings. The molecule has 3 heterocycles. The standard InChI is InChI=1S/C28H36N8O4/c1-36-13-6-12-29-25-24-20(27(38)35-26(24)32-17-31-25)16-30-19-10-11-21(22(15-19)40-14-5-9-23(36)37)34-28(39)33-18-7-3-2-4-8-18/h10-11,15-18,38H,2-9,12-14H2,1H3,(H2,33,34,39)(H2,29,31,32,35). The summed E-state index contributed by atoms with van der Waals surface area (Å²) in [6.45, 7) is 1.47. The number of aromatic nitrogens is 3. The van der Waals surface area contributed by atoms with Gasteiger partial charge < -0.3 is 35.7 Å². The van der Waals surface area contributed by atoms with Gasteiger partial charge in [-0.2, -0.15) is 0 Å². The Hall–Kier alpha value is -4.35. The minimum Gasteiger partial charge on any atom is -0.494 e. The van der Waals surface area contributed by atoms with Crippen molar-refractivity contribution in [1.82, 2.24) is 25.2 Å². The molecule has 5 N–H and O–H groups in total. The van der Waals surface area contributed by atoms with Crippen molar-refractivity contribution in [1.29, 1.82) is 0 Å². The molecule has 0 spiro atoms. The van der Waals surface area contributed by atoms with Crippen LogP contribution in [0.1, 0.15) is 56.9 Å². The zero-order valence-electron chi connectivity index (χ0n) is 22.7. The van der Waals surface area contributed by atoms with Crippen LogP contribution in [0, 0.1) is 0 Å². The molecule has 1 aromatic carbocycles. The molecular formula is C28H36N8O4. The van der Waals surface area contributed by atoms with E-state index in [0.717, 1.165) is 25.7 Å². The lowest BCUT2D eigenvalue weighted by Crippen LogP contribution is -2.39. The van der Waals surface area contributed by atoms with Gasteiger partial charge in [-0.05, 0) is 37.8 Å². The van der Waals surface area contributed by atoms with Gasteiger partial charge in [0, 0.05) is 44.9 Å². The third kappa shape index (κ3) is 6.61. The number of hydrogen-bond donors (Lipinski definition) is 5. The Morgan fingerprint density at radius 3 is 2.85 bits per heavy atom. The molecule has 1 fully saturated rings. The Morgan fingerprint density at radius 2 is 2.00 bits per heavy atom. The van der Waals surface area contributed by atoms with Gasteiger partial charge in [0.15, 0.2) is 5.88 Å². The van der Waals surface area contributed by atoms with Crippen molar-refractivity contribution in [3.63, 3.8) is 0 Å². The van der Waals surface area contributed by atoms with E-state index >= 15 is 0 Å². The fraction of sp³-hybridized carbons (Fsp3) is 0.464. The van der Waals surface area contributed by atoms with Crippen LogP contribution < -0.4 is 20.7 Å². The molecule has 2 aromatic heterocycles. The quantitative estimate of drug-likeness (QED) is 0.319. The number of urea groups is 1. The lowest BCUT2D eigenvalue weighted by molar-refractivity contribution is -0.130. The van der Waals surface area contributed by atoms with Gasteiger partial charge in [-0.1, -0.05) is 19.3 Å². The first-order chi connectivity index (χ1) is 19.5. The third-order valence-corrected chi connectivity index (χ3v) is 7.29. The predicted molar refractivity (Wildman–Crippen MR) is 154 cm³/mol. The zero-order chi connectivity index (χ0) is 27.9. The van der Waals surface area contributed by atoms with E-state index in [1.807, 2.05) is 0 Å². The number of aromatic amines is 1. The topological polar surface area (TPSA) is 157 Å². The molecule has 2 aliphatic rings. The maximum atomic E-state index is 12.7. The van der Waals surface area contributed by atoms with Crippen LogP contribution in [0.3, 0.4) is 0 Å². The van der Waals surface area contributed by atoms with Crippen LogP contribution in [0.25, 0.3) is 11.0 Å². The average Bonchev–Trinajstić information content (AvgIpc) is 3.28. The van der Waals surface area contributed by atoms with Gasteiger partial charge in [0.25, 0.3) is 0 Å². The van der Waals surface area contributed by atoms with E-state index in [-0.39, 0.29) is 23.9 Å². The number of nitrogens with one attached hydrogen (secondary N) is 4. The molecule has 12 nitrogen and oxygen atoms in total. The number of carbonyl (C=O) groups is 2. The number of anilines is 2. The SMILES string of the molecule is CN1CCCNc2ncnc3[nH]c(O)c(c23)C=Nc2ccc(NC(=O)NC3CCCCC3)c(c2)OCCCC1=O. The summed E-state index contributed by atoms with van der Waals surface area (Å²) in [6, 6.07) is 5.13. The third-order valence-electron chi connectivity index (χ3n) is 7.29. The summed E-state index contributed by atoms with van der Waals surface area (Å²) in [5.74, 6) is 0.974. The molecule has 2 bridgehead atoms. The van der Waals surface area contributed by atoms with Crippen molar-refractivity contribution in [3.05, 3.63) is 30.1 Å². The largest absolute Gasteiger partial charge is 0.494 e. The molecule has 212 valence electrons. The summed E-state index contributed by atoms with van der Waals surface area (Å²) in [6.07, 6.45) is 9.99. The van der Waals surface area contributed by atoms with Crippen molar-refractivity contribution >= 4 is 46.4 Å². The van der Waals surface area contributed by atoms with Crippen LogP contribution >= 0.6 is 0 Å². The predicted octanol–water partition coefficient (Wildman–Crippen LogP) is 4.30. The monoisotopic (exact) mass is 548 g/mol. The number of hydrogen-bond acceptors (Lipinski definition) is 8. The number of aromatic hydroxyl groups is 1. The smallest absolute Gasteiger partial charge is 0.319 e. The Kier molecular flexibility index (Phi) is 8.62. The number of nitrogens with zero attached hydrogens (tertiary/aromatic N) is 4. The normalized spacial score (nSPS) is 17.4. The zero-order valence-corrected chi connectivity index (χ0v) is 22.7. The van der Waals surface area contributed by atoms with Crippen molar-refractivity contribution in [2.24, 2.45) is 4.99 Å². The Bertz CT molecular complexity index is 1380. The number of benzene rings is 1. The van der Waals surface area contributed by atoms with Crippen LogP contribution in [-0.2, 0) is 4.79 Å². The fourth-order valence-corrected chi connectivity index (χ4v) is 5.08. The minimum atomic E-state index is -0.275. The van der Waals surface area contributed by atoms with Crippen LogP contribution in [0.2, 0.25) is 0 Å². The molecule has 0 saturated heterocycles. The van der Waals surface area contributed by atoms with Gasteiger partial charge in [-0.25, -0.2) is 14.8 Å². The van der Waals surface area contributed by atoms with Gasteiger partial charge >= 0.3 is 6.03 Å². The summed E-state index contributed by atoms with van der Waals surface area (Å²) in [7, 11) is 1.79. The van der Waals surface area contributed by atoms with E-state index in [1.54, 1.807) is 36.4 Å². The highest BCUT2D eigenvalue weighted by Crippen LogP contribution is 2.32. The number of ether oxygens (including phenoxy) is 1. The highest BCUT2D eigenvalue weighted by molar-refractivity contribution is 6.06. The first-order valence-electron chi connectivity index (χ1n) is 13.9.